The Morgan fingerprint density at radius 1 is 1.09 bits per heavy atom. The van der Waals surface area contributed by atoms with Gasteiger partial charge < -0.3 is 15.2 Å². The second-order valence-corrected chi connectivity index (χ2v) is 12.9. The number of nitrogens with zero attached hydrogens (tertiary/aromatic N) is 5. The van der Waals surface area contributed by atoms with Crippen molar-refractivity contribution >= 4 is 22.3 Å². The van der Waals surface area contributed by atoms with Crippen LogP contribution in [0.2, 0.25) is 0 Å². The molecule has 242 valence electrons. The summed E-state index contributed by atoms with van der Waals surface area (Å²) in [6.07, 6.45) is 14.3. The fourth-order valence-corrected chi connectivity index (χ4v) is 6.39. The molecule has 3 N–H and O–H groups in total. The van der Waals surface area contributed by atoms with Crippen LogP contribution in [0.4, 0.5) is 10.1 Å². The van der Waals surface area contributed by atoms with E-state index in [4.69, 9.17) is 4.98 Å². The lowest BCUT2D eigenvalue weighted by atomic mass is 9.97. The van der Waals surface area contributed by atoms with Crippen molar-refractivity contribution in [1.82, 2.24) is 35.0 Å². The minimum absolute atomic E-state index is 0.252. The number of anilines is 1. The van der Waals surface area contributed by atoms with Crippen LogP contribution in [-0.4, -0.2) is 54.7 Å². The molecule has 0 saturated carbocycles. The number of aromatic amines is 2. The normalized spacial score (nSPS) is 13.9. The van der Waals surface area contributed by atoms with E-state index in [2.05, 4.69) is 68.4 Å². The minimum atomic E-state index is -0.252. The van der Waals surface area contributed by atoms with Gasteiger partial charge in [-0.3, -0.25) is 10.1 Å². The first-order chi connectivity index (χ1) is 22.8. The summed E-state index contributed by atoms with van der Waals surface area (Å²) in [6.45, 7) is 17.8. The molecule has 1 aromatic carbocycles. The number of pyridine rings is 2. The number of aryl methyl sites for hydroxylation is 2. The number of allylic oxidation sites excluding steroid dienone is 3. The number of rotatable bonds is 13. The number of H-pyrrole nitrogens is 2. The van der Waals surface area contributed by atoms with E-state index < -0.39 is 0 Å². The van der Waals surface area contributed by atoms with E-state index in [0.717, 1.165) is 87.5 Å². The van der Waals surface area contributed by atoms with Crippen molar-refractivity contribution in [3.8, 4) is 22.6 Å². The van der Waals surface area contributed by atoms with Crippen molar-refractivity contribution in [2.24, 2.45) is 5.92 Å². The number of nitrogens with one attached hydrogen (secondary N) is 3. The van der Waals surface area contributed by atoms with E-state index in [-0.39, 0.29) is 5.82 Å². The predicted molar refractivity (Wildman–Crippen MR) is 189 cm³/mol. The molecule has 0 spiro atoms. The van der Waals surface area contributed by atoms with E-state index in [1.807, 2.05) is 31.3 Å². The SMILES string of the molecule is C=C/C=C(/c1cc(F)cc(CCCN2CCCC2)c1)c1nc(-c2[nH]nc3ncc(-c4cncc(NC(=C)CC(C)C)c4)cc23)[nH]c1C. The van der Waals surface area contributed by atoms with Gasteiger partial charge in [0.2, 0.25) is 0 Å². The summed E-state index contributed by atoms with van der Waals surface area (Å²) in [7, 11) is 0. The summed E-state index contributed by atoms with van der Waals surface area (Å²) < 4.78 is 15.0. The third-order valence-corrected chi connectivity index (χ3v) is 8.53. The highest BCUT2D eigenvalue weighted by Gasteiger charge is 2.19. The van der Waals surface area contributed by atoms with Gasteiger partial charge in [-0.2, -0.15) is 5.10 Å². The van der Waals surface area contributed by atoms with Gasteiger partial charge >= 0.3 is 0 Å². The third kappa shape index (κ3) is 7.58. The van der Waals surface area contributed by atoms with Gasteiger partial charge in [0.15, 0.2) is 11.5 Å². The van der Waals surface area contributed by atoms with Gasteiger partial charge in [-0.25, -0.2) is 14.4 Å². The highest BCUT2D eigenvalue weighted by atomic mass is 19.1. The molecule has 0 atom stereocenters. The fraction of sp³-hybridized carbons (Fsp3) is 0.316. The molecule has 1 saturated heterocycles. The zero-order valence-corrected chi connectivity index (χ0v) is 27.5. The molecule has 0 bridgehead atoms. The Morgan fingerprint density at radius 3 is 2.68 bits per heavy atom. The Morgan fingerprint density at radius 2 is 1.89 bits per heavy atom. The summed E-state index contributed by atoms with van der Waals surface area (Å²) in [5.41, 5.74) is 9.09. The average molecular weight is 631 g/mol. The highest BCUT2D eigenvalue weighted by molar-refractivity contribution is 5.92. The molecule has 6 rings (SSSR count). The first kappa shape index (κ1) is 32.1. The van der Waals surface area contributed by atoms with E-state index in [1.54, 1.807) is 30.6 Å². The molecule has 5 aromatic rings. The van der Waals surface area contributed by atoms with Crippen molar-refractivity contribution in [3.05, 3.63) is 108 Å². The molecule has 0 unspecified atom stereocenters. The maximum atomic E-state index is 15.0. The number of imidazole rings is 1. The Labute approximate surface area is 276 Å². The van der Waals surface area contributed by atoms with Crippen LogP contribution in [0.1, 0.15) is 62.0 Å². The average Bonchev–Trinajstić information content (AvgIpc) is 3.79. The van der Waals surface area contributed by atoms with Crippen LogP contribution in [0, 0.1) is 18.7 Å². The van der Waals surface area contributed by atoms with Crippen molar-refractivity contribution < 1.29 is 4.39 Å². The number of aromatic nitrogens is 6. The topological polar surface area (TPSA) is 98.4 Å². The Bertz CT molecular complexity index is 1930. The number of fused-ring (bicyclic) bond motifs is 1. The van der Waals surface area contributed by atoms with Gasteiger partial charge in [-0.05, 0) is 100.0 Å². The summed E-state index contributed by atoms with van der Waals surface area (Å²) in [5, 5.41) is 11.8. The molecule has 9 heteroatoms. The number of hydrogen-bond acceptors (Lipinski definition) is 6. The molecule has 47 heavy (non-hydrogen) atoms. The second-order valence-electron chi connectivity index (χ2n) is 12.9. The molecule has 8 nitrogen and oxygen atoms in total. The standard InChI is InChI=1S/C38H43FN8/c1-6-10-33(28-16-27(17-31(39)18-28)11-9-14-47-12-7-8-13-47)35-26(5)43-38(44-35)36-34-20-30(22-41-37(34)46-45-36)29-19-32(23-40-21-29)42-25(4)15-24(2)3/h6,10,16-24,42H,1,4,7-9,11-15H2,2-3,5H3,(H,43,44)(H,41,45,46)/b33-10-. The predicted octanol–water partition coefficient (Wildman–Crippen LogP) is 8.48. The molecule has 4 aromatic heterocycles. The highest BCUT2D eigenvalue weighted by Crippen LogP contribution is 2.33. The van der Waals surface area contributed by atoms with Crippen LogP contribution >= 0.6 is 0 Å². The fourth-order valence-electron chi connectivity index (χ4n) is 6.39. The van der Waals surface area contributed by atoms with E-state index >= 15 is 0 Å². The van der Waals surface area contributed by atoms with Crippen LogP contribution in [0.25, 0.3) is 39.3 Å². The lowest BCUT2D eigenvalue weighted by molar-refractivity contribution is 0.334. The van der Waals surface area contributed by atoms with E-state index in [9.17, 15) is 4.39 Å². The van der Waals surface area contributed by atoms with Crippen LogP contribution in [-0.2, 0) is 6.42 Å². The van der Waals surface area contributed by atoms with E-state index in [0.29, 0.717) is 17.4 Å². The smallest absolute Gasteiger partial charge is 0.181 e. The lowest BCUT2D eigenvalue weighted by Gasteiger charge is -2.14. The van der Waals surface area contributed by atoms with Gasteiger partial charge in [0, 0.05) is 40.5 Å². The maximum Gasteiger partial charge on any atom is 0.181 e. The maximum absolute atomic E-state index is 15.0. The van der Waals surface area contributed by atoms with Gasteiger partial charge in [-0.15, -0.1) is 0 Å². The zero-order valence-electron chi connectivity index (χ0n) is 27.5. The summed E-state index contributed by atoms with van der Waals surface area (Å²) >= 11 is 0. The van der Waals surface area contributed by atoms with Gasteiger partial charge in [0.1, 0.15) is 11.5 Å². The van der Waals surface area contributed by atoms with Gasteiger partial charge in [0.25, 0.3) is 0 Å². The Hall–Kier alpha value is -4.89. The molecule has 1 aliphatic heterocycles. The van der Waals surface area contributed by atoms with E-state index in [1.165, 1.54) is 25.9 Å². The lowest BCUT2D eigenvalue weighted by Crippen LogP contribution is -2.20. The Balaban J connectivity index is 1.28. The van der Waals surface area contributed by atoms with Gasteiger partial charge in [0.05, 0.1) is 23.0 Å². The summed E-state index contributed by atoms with van der Waals surface area (Å²) in [5.74, 6) is 0.875. The van der Waals surface area contributed by atoms with Crippen LogP contribution in [0.3, 0.4) is 0 Å². The monoisotopic (exact) mass is 630 g/mol. The number of halogens is 1. The molecule has 5 heterocycles. The van der Waals surface area contributed by atoms with Crippen LogP contribution in [0.5, 0.6) is 0 Å². The Kier molecular flexibility index (Phi) is 9.73. The minimum Gasteiger partial charge on any atom is -0.358 e. The number of benzene rings is 1. The first-order valence-corrected chi connectivity index (χ1v) is 16.4. The van der Waals surface area contributed by atoms with Gasteiger partial charge in [-0.1, -0.05) is 45.2 Å². The molecule has 0 aliphatic carbocycles. The molecular weight excluding hydrogens is 587 g/mol. The molecular formula is C38H43FN8. The molecule has 0 amide bonds. The van der Waals surface area contributed by atoms with Crippen molar-refractivity contribution in [3.63, 3.8) is 0 Å². The molecule has 1 aliphatic rings. The van der Waals surface area contributed by atoms with Crippen molar-refractivity contribution in [1.29, 1.82) is 0 Å². The number of hydrogen-bond donors (Lipinski definition) is 3. The van der Waals surface area contributed by atoms with Crippen molar-refractivity contribution in [2.75, 3.05) is 25.0 Å². The van der Waals surface area contributed by atoms with Crippen LogP contribution in [0.15, 0.2) is 79.9 Å². The largest absolute Gasteiger partial charge is 0.358 e. The molecule has 1 fully saturated rings. The summed E-state index contributed by atoms with van der Waals surface area (Å²) in [6, 6.07) is 9.38. The first-order valence-electron chi connectivity index (χ1n) is 16.4. The quantitative estimate of drug-likeness (QED) is 0.113. The second kappa shape index (κ2) is 14.3. The number of likely N-dealkylation sites (tertiary alicyclic amines) is 1. The summed E-state index contributed by atoms with van der Waals surface area (Å²) in [4.78, 5) is 20.0. The zero-order chi connectivity index (χ0) is 32.9. The van der Waals surface area contributed by atoms with Crippen LogP contribution < -0.4 is 5.32 Å². The third-order valence-electron chi connectivity index (χ3n) is 8.53. The molecule has 0 radical (unpaired) electrons. The van der Waals surface area contributed by atoms with Crippen molar-refractivity contribution in [2.45, 2.75) is 52.9 Å².